The SMILES string of the molecule is CC(C)n1cc(Oc2cc([C@@H](C)O)ccn2)cn1. The highest BCUT2D eigenvalue weighted by molar-refractivity contribution is 5.26. The van der Waals surface area contributed by atoms with Gasteiger partial charge in [-0.05, 0) is 32.4 Å². The molecular formula is C13H17N3O2. The zero-order chi connectivity index (χ0) is 13.1. The van der Waals surface area contributed by atoms with Gasteiger partial charge in [0, 0.05) is 18.3 Å². The molecule has 1 N–H and O–H groups in total. The number of aromatic nitrogens is 3. The summed E-state index contributed by atoms with van der Waals surface area (Å²) in [6, 6.07) is 3.77. The van der Waals surface area contributed by atoms with Crippen LogP contribution in [0.25, 0.3) is 0 Å². The van der Waals surface area contributed by atoms with E-state index in [-0.39, 0.29) is 0 Å². The number of pyridine rings is 1. The van der Waals surface area contributed by atoms with Crippen LogP contribution in [0.3, 0.4) is 0 Å². The van der Waals surface area contributed by atoms with Crippen molar-refractivity contribution in [1.29, 1.82) is 0 Å². The molecule has 0 spiro atoms. The summed E-state index contributed by atoms with van der Waals surface area (Å²) in [6.45, 7) is 5.79. The van der Waals surface area contributed by atoms with Crippen LogP contribution in [0, 0.1) is 0 Å². The molecule has 0 saturated carbocycles. The molecule has 5 heteroatoms. The Morgan fingerprint density at radius 3 is 2.72 bits per heavy atom. The molecule has 0 radical (unpaired) electrons. The lowest BCUT2D eigenvalue weighted by Gasteiger charge is -2.07. The molecular weight excluding hydrogens is 230 g/mol. The third kappa shape index (κ3) is 2.87. The van der Waals surface area contributed by atoms with Gasteiger partial charge in [0.2, 0.25) is 5.88 Å². The standard InChI is InChI=1S/C13H17N3O2/c1-9(2)16-8-12(7-15-16)18-13-6-11(10(3)17)4-5-14-13/h4-10,17H,1-3H3/t10-/m1/s1. The minimum Gasteiger partial charge on any atom is -0.436 e. The van der Waals surface area contributed by atoms with Gasteiger partial charge in [-0.25, -0.2) is 4.98 Å². The van der Waals surface area contributed by atoms with Crippen LogP contribution in [0.1, 0.15) is 38.5 Å². The summed E-state index contributed by atoms with van der Waals surface area (Å²) in [5, 5.41) is 13.7. The van der Waals surface area contributed by atoms with Crippen molar-refractivity contribution in [1.82, 2.24) is 14.8 Å². The molecule has 0 fully saturated rings. The maximum absolute atomic E-state index is 9.49. The number of nitrogens with zero attached hydrogens (tertiary/aromatic N) is 3. The molecule has 2 aromatic heterocycles. The molecule has 5 nitrogen and oxygen atoms in total. The normalized spacial score (nSPS) is 12.7. The molecule has 96 valence electrons. The highest BCUT2D eigenvalue weighted by Gasteiger charge is 2.07. The quantitative estimate of drug-likeness (QED) is 0.902. The molecule has 0 unspecified atom stereocenters. The first-order chi connectivity index (χ1) is 8.56. The zero-order valence-corrected chi connectivity index (χ0v) is 10.7. The minimum absolute atomic E-state index is 0.291. The molecule has 18 heavy (non-hydrogen) atoms. The van der Waals surface area contributed by atoms with Gasteiger partial charge in [0.1, 0.15) is 0 Å². The fourth-order valence-corrected chi connectivity index (χ4v) is 1.52. The van der Waals surface area contributed by atoms with Crippen LogP contribution in [-0.2, 0) is 0 Å². The first-order valence-corrected chi connectivity index (χ1v) is 5.92. The Kier molecular flexibility index (Phi) is 3.62. The van der Waals surface area contributed by atoms with Crippen molar-refractivity contribution in [2.45, 2.75) is 32.9 Å². The Labute approximate surface area is 106 Å². The maximum Gasteiger partial charge on any atom is 0.219 e. The Balaban J connectivity index is 2.15. The van der Waals surface area contributed by atoms with Crippen molar-refractivity contribution in [2.75, 3.05) is 0 Å². The van der Waals surface area contributed by atoms with Crippen LogP contribution in [0.5, 0.6) is 11.6 Å². The lowest BCUT2D eigenvalue weighted by atomic mass is 10.2. The monoisotopic (exact) mass is 247 g/mol. The van der Waals surface area contributed by atoms with Gasteiger partial charge in [-0.15, -0.1) is 0 Å². The van der Waals surface area contributed by atoms with E-state index in [1.165, 1.54) is 0 Å². The van der Waals surface area contributed by atoms with Gasteiger partial charge in [-0.3, -0.25) is 4.68 Å². The van der Waals surface area contributed by atoms with Gasteiger partial charge in [0.05, 0.1) is 18.5 Å². The molecule has 0 bridgehead atoms. The van der Waals surface area contributed by atoms with E-state index in [1.807, 2.05) is 24.7 Å². The van der Waals surface area contributed by atoms with Crippen LogP contribution in [-0.4, -0.2) is 19.9 Å². The van der Waals surface area contributed by atoms with E-state index < -0.39 is 6.10 Å². The molecule has 2 rings (SSSR count). The zero-order valence-electron chi connectivity index (χ0n) is 10.7. The molecule has 2 heterocycles. The van der Waals surface area contributed by atoms with E-state index in [9.17, 15) is 5.11 Å². The third-order valence-electron chi connectivity index (χ3n) is 2.57. The van der Waals surface area contributed by atoms with Crippen molar-refractivity contribution in [3.8, 4) is 11.6 Å². The van der Waals surface area contributed by atoms with Crippen molar-refractivity contribution >= 4 is 0 Å². The highest BCUT2D eigenvalue weighted by Crippen LogP contribution is 2.22. The number of aliphatic hydroxyl groups is 1. The summed E-state index contributed by atoms with van der Waals surface area (Å²) in [5.74, 6) is 1.09. The van der Waals surface area contributed by atoms with Gasteiger partial charge < -0.3 is 9.84 Å². The second-order valence-corrected chi connectivity index (χ2v) is 4.46. The summed E-state index contributed by atoms with van der Waals surface area (Å²) in [6.07, 6.45) is 4.55. The van der Waals surface area contributed by atoms with Crippen molar-refractivity contribution < 1.29 is 9.84 Å². The van der Waals surface area contributed by atoms with Crippen molar-refractivity contribution in [2.24, 2.45) is 0 Å². The van der Waals surface area contributed by atoms with E-state index in [1.54, 1.807) is 31.5 Å². The molecule has 0 aliphatic heterocycles. The van der Waals surface area contributed by atoms with Crippen molar-refractivity contribution in [3.05, 3.63) is 36.3 Å². The molecule has 0 amide bonds. The van der Waals surface area contributed by atoms with E-state index >= 15 is 0 Å². The summed E-state index contributed by atoms with van der Waals surface area (Å²) < 4.78 is 7.41. The van der Waals surface area contributed by atoms with Crippen LogP contribution in [0.2, 0.25) is 0 Å². The summed E-state index contributed by atoms with van der Waals surface area (Å²) >= 11 is 0. The smallest absolute Gasteiger partial charge is 0.219 e. The summed E-state index contributed by atoms with van der Waals surface area (Å²) in [5.41, 5.74) is 0.774. The second kappa shape index (κ2) is 5.18. The van der Waals surface area contributed by atoms with Crippen LogP contribution in [0.15, 0.2) is 30.7 Å². The lowest BCUT2D eigenvalue weighted by Crippen LogP contribution is -1.99. The Morgan fingerprint density at radius 2 is 2.11 bits per heavy atom. The predicted molar refractivity (Wildman–Crippen MR) is 67.6 cm³/mol. The minimum atomic E-state index is -0.534. The fraction of sp³-hybridized carbons (Fsp3) is 0.385. The molecule has 2 aromatic rings. The fourth-order valence-electron chi connectivity index (χ4n) is 1.52. The molecule has 0 aliphatic rings. The number of ether oxygens (including phenoxy) is 1. The van der Waals surface area contributed by atoms with E-state index in [0.29, 0.717) is 17.7 Å². The molecule has 0 aromatic carbocycles. The predicted octanol–water partition coefficient (Wildman–Crippen LogP) is 2.70. The van der Waals surface area contributed by atoms with Crippen LogP contribution in [0.4, 0.5) is 0 Å². The average Bonchev–Trinajstić information content (AvgIpc) is 2.78. The molecule has 0 aliphatic carbocycles. The third-order valence-corrected chi connectivity index (χ3v) is 2.57. The van der Waals surface area contributed by atoms with Gasteiger partial charge in [0.25, 0.3) is 0 Å². The number of aliphatic hydroxyl groups excluding tert-OH is 1. The molecule has 0 saturated heterocycles. The summed E-state index contributed by atoms with van der Waals surface area (Å²) in [4.78, 5) is 4.10. The van der Waals surface area contributed by atoms with E-state index in [2.05, 4.69) is 10.1 Å². The first kappa shape index (κ1) is 12.6. The Bertz CT molecular complexity index is 520. The number of rotatable bonds is 4. The van der Waals surface area contributed by atoms with Crippen LogP contribution < -0.4 is 4.74 Å². The van der Waals surface area contributed by atoms with E-state index in [0.717, 1.165) is 5.56 Å². The van der Waals surface area contributed by atoms with Gasteiger partial charge >= 0.3 is 0 Å². The molecule has 1 atom stereocenters. The Morgan fingerprint density at radius 1 is 1.33 bits per heavy atom. The van der Waals surface area contributed by atoms with E-state index in [4.69, 9.17) is 4.74 Å². The topological polar surface area (TPSA) is 60.2 Å². The van der Waals surface area contributed by atoms with Crippen molar-refractivity contribution in [3.63, 3.8) is 0 Å². The largest absolute Gasteiger partial charge is 0.436 e. The number of hydrogen-bond donors (Lipinski definition) is 1. The van der Waals surface area contributed by atoms with Gasteiger partial charge in [-0.2, -0.15) is 5.10 Å². The van der Waals surface area contributed by atoms with Crippen LogP contribution >= 0.6 is 0 Å². The van der Waals surface area contributed by atoms with Gasteiger partial charge in [0.15, 0.2) is 5.75 Å². The lowest BCUT2D eigenvalue weighted by molar-refractivity contribution is 0.198. The maximum atomic E-state index is 9.49. The average molecular weight is 247 g/mol. The second-order valence-electron chi connectivity index (χ2n) is 4.46. The number of hydrogen-bond acceptors (Lipinski definition) is 4. The van der Waals surface area contributed by atoms with Gasteiger partial charge in [-0.1, -0.05) is 0 Å². The Hall–Kier alpha value is -1.88. The first-order valence-electron chi connectivity index (χ1n) is 5.92. The highest BCUT2D eigenvalue weighted by atomic mass is 16.5. The summed E-state index contributed by atoms with van der Waals surface area (Å²) in [7, 11) is 0.